The van der Waals surface area contributed by atoms with Crippen LogP contribution in [0.1, 0.15) is 35.9 Å². The van der Waals surface area contributed by atoms with Crippen molar-refractivity contribution in [2.24, 2.45) is 0 Å². The number of para-hydroxylation sites is 2. The van der Waals surface area contributed by atoms with Gasteiger partial charge in [-0.15, -0.1) is 0 Å². The van der Waals surface area contributed by atoms with Crippen molar-refractivity contribution in [1.29, 1.82) is 0 Å². The van der Waals surface area contributed by atoms with E-state index in [1.165, 1.54) is 6.26 Å². The molecule has 0 fully saturated rings. The Bertz CT molecular complexity index is 1590. The summed E-state index contributed by atoms with van der Waals surface area (Å²) in [5.41, 5.74) is 4.69. The first-order valence-corrected chi connectivity index (χ1v) is 12.1. The van der Waals surface area contributed by atoms with Gasteiger partial charge in [0.05, 0.1) is 35.5 Å². The molecule has 0 saturated heterocycles. The number of carbonyl (C=O) groups is 1. The first-order valence-electron chi connectivity index (χ1n) is 11.8. The van der Waals surface area contributed by atoms with E-state index in [1.54, 1.807) is 25.3 Å². The molecule has 0 bridgehead atoms. The van der Waals surface area contributed by atoms with Crippen molar-refractivity contribution in [2.75, 3.05) is 17.7 Å². The maximum Gasteiger partial charge on any atom is 0.198 e. The number of ether oxygens (including phenoxy) is 1. The fraction of sp³-hybridized carbons (Fsp3) is 0.172. The molecule has 3 aromatic carbocycles. The van der Waals surface area contributed by atoms with Gasteiger partial charge in [0.15, 0.2) is 11.2 Å². The van der Waals surface area contributed by atoms with E-state index in [9.17, 15) is 9.59 Å². The lowest BCUT2D eigenvalue weighted by Gasteiger charge is -2.29. The normalized spacial score (nSPS) is 19.1. The Labute approximate surface area is 212 Å². The summed E-state index contributed by atoms with van der Waals surface area (Å²) < 4.78 is 11.1. The van der Waals surface area contributed by atoms with E-state index in [-0.39, 0.29) is 17.1 Å². The maximum absolute atomic E-state index is 13.7. The molecular weight excluding hydrogens is 476 g/mol. The molecule has 1 aliphatic carbocycles. The second-order valence-corrected chi connectivity index (χ2v) is 9.54. The van der Waals surface area contributed by atoms with Gasteiger partial charge >= 0.3 is 0 Å². The second kappa shape index (κ2) is 8.88. The molecule has 1 aliphatic heterocycles. The van der Waals surface area contributed by atoms with Crippen LogP contribution in [-0.2, 0) is 4.79 Å². The number of fused-ring (bicyclic) bond motifs is 2. The zero-order chi connectivity index (χ0) is 24.8. The summed E-state index contributed by atoms with van der Waals surface area (Å²) in [5.74, 6) is 0.766. The Kier molecular flexibility index (Phi) is 5.53. The molecule has 0 saturated carbocycles. The van der Waals surface area contributed by atoms with Gasteiger partial charge in [-0.1, -0.05) is 35.9 Å². The van der Waals surface area contributed by atoms with E-state index in [1.807, 2.05) is 48.5 Å². The number of anilines is 2. The first-order chi connectivity index (χ1) is 17.5. The first kappa shape index (κ1) is 22.4. The number of nitrogens with one attached hydrogen (secondary N) is 2. The lowest BCUT2D eigenvalue weighted by Crippen LogP contribution is -2.29. The van der Waals surface area contributed by atoms with Crippen molar-refractivity contribution in [3.8, 4) is 5.75 Å². The van der Waals surface area contributed by atoms with Gasteiger partial charge in [0.25, 0.3) is 0 Å². The lowest BCUT2D eigenvalue weighted by atomic mass is 9.78. The van der Waals surface area contributed by atoms with Gasteiger partial charge in [-0.05, 0) is 60.4 Å². The molecule has 1 aromatic heterocycles. The van der Waals surface area contributed by atoms with Crippen LogP contribution < -0.4 is 20.8 Å². The van der Waals surface area contributed by atoms with E-state index < -0.39 is 6.04 Å². The fourth-order valence-electron chi connectivity index (χ4n) is 5.15. The van der Waals surface area contributed by atoms with Crippen LogP contribution in [0.15, 0.2) is 93.5 Å². The zero-order valence-corrected chi connectivity index (χ0v) is 20.3. The number of carbonyl (C=O) groups excluding carboxylic acids is 1. The van der Waals surface area contributed by atoms with Crippen LogP contribution in [0.4, 0.5) is 11.4 Å². The van der Waals surface area contributed by atoms with Gasteiger partial charge < -0.3 is 19.8 Å². The third-order valence-corrected chi connectivity index (χ3v) is 7.20. The minimum absolute atomic E-state index is 0.00684. The SMILES string of the molecule is COc1ccc([C@H]2CC(=O)C3=C(C2)Nc2ccccc2N[C@@H]3c2coc3ccc(Cl)cc3c2=O)cc1. The molecule has 2 heterocycles. The molecule has 6 rings (SSSR count). The lowest BCUT2D eigenvalue weighted by molar-refractivity contribution is -0.116. The van der Waals surface area contributed by atoms with Gasteiger partial charge in [-0.3, -0.25) is 9.59 Å². The summed E-state index contributed by atoms with van der Waals surface area (Å²) >= 11 is 6.17. The van der Waals surface area contributed by atoms with E-state index in [0.29, 0.717) is 40.0 Å². The summed E-state index contributed by atoms with van der Waals surface area (Å²) in [4.78, 5) is 27.3. The molecule has 0 amide bonds. The number of ketones is 1. The summed E-state index contributed by atoms with van der Waals surface area (Å²) in [6.07, 6.45) is 2.43. The number of allylic oxidation sites excluding steroid dienone is 1. The van der Waals surface area contributed by atoms with Crippen molar-refractivity contribution in [1.82, 2.24) is 0 Å². The molecule has 7 heteroatoms. The fourth-order valence-corrected chi connectivity index (χ4v) is 5.33. The number of halogens is 1. The van der Waals surface area contributed by atoms with Crippen LogP contribution in [0.25, 0.3) is 11.0 Å². The minimum Gasteiger partial charge on any atom is -0.497 e. The van der Waals surface area contributed by atoms with E-state index in [2.05, 4.69) is 10.6 Å². The minimum atomic E-state index is -0.667. The van der Waals surface area contributed by atoms with E-state index in [4.69, 9.17) is 20.8 Å². The second-order valence-electron chi connectivity index (χ2n) is 9.10. The average Bonchev–Trinajstić information content (AvgIpc) is 3.06. The zero-order valence-electron chi connectivity index (χ0n) is 19.5. The van der Waals surface area contributed by atoms with Crippen molar-refractivity contribution in [3.05, 3.63) is 111 Å². The molecule has 4 aromatic rings. The molecule has 0 unspecified atom stereocenters. The molecule has 2 atom stereocenters. The number of hydrogen-bond donors (Lipinski definition) is 2. The van der Waals surface area contributed by atoms with Crippen LogP contribution in [0, 0.1) is 0 Å². The Morgan fingerprint density at radius 1 is 0.972 bits per heavy atom. The molecule has 2 aliphatic rings. The monoisotopic (exact) mass is 498 g/mol. The number of benzene rings is 3. The van der Waals surface area contributed by atoms with Gasteiger partial charge in [0.1, 0.15) is 17.6 Å². The largest absolute Gasteiger partial charge is 0.497 e. The van der Waals surface area contributed by atoms with Crippen molar-refractivity contribution in [2.45, 2.75) is 24.8 Å². The van der Waals surface area contributed by atoms with Crippen LogP contribution in [-0.4, -0.2) is 12.9 Å². The van der Waals surface area contributed by atoms with Crippen LogP contribution in [0.5, 0.6) is 5.75 Å². The molecule has 36 heavy (non-hydrogen) atoms. The van der Waals surface area contributed by atoms with Crippen LogP contribution >= 0.6 is 11.6 Å². The topological polar surface area (TPSA) is 80.6 Å². The molecule has 180 valence electrons. The third-order valence-electron chi connectivity index (χ3n) is 6.97. The standard InChI is InChI=1S/C29H23ClN2O4/c1-35-19-9-6-16(7-10-19)17-12-24-27(25(33)13-17)28(32-23-5-3-2-4-22(23)31-24)21-15-36-26-11-8-18(30)14-20(26)29(21)34/h2-11,14-15,17,28,31-32H,12-13H2,1H3/t17-,28-/m1/s1. The molecule has 2 N–H and O–H groups in total. The quantitative estimate of drug-likeness (QED) is 0.338. The average molecular weight is 499 g/mol. The number of Topliss-reactive ketones (excluding diaryl/α,β-unsaturated/α-hetero) is 1. The number of rotatable bonds is 3. The number of methoxy groups -OCH3 is 1. The highest BCUT2D eigenvalue weighted by molar-refractivity contribution is 6.31. The number of hydrogen-bond acceptors (Lipinski definition) is 6. The Balaban J connectivity index is 1.49. The Morgan fingerprint density at radius 3 is 2.53 bits per heavy atom. The Morgan fingerprint density at radius 2 is 1.75 bits per heavy atom. The van der Waals surface area contributed by atoms with Gasteiger partial charge in [-0.2, -0.15) is 0 Å². The summed E-state index contributed by atoms with van der Waals surface area (Å²) in [6, 6.07) is 19.9. The predicted molar refractivity (Wildman–Crippen MR) is 141 cm³/mol. The highest BCUT2D eigenvalue weighted by Gasteiger charge is 2.37. The third kappa shape index (κ3) is 3.84. The van der Waals surface area contributed by atoms with Crippen molar-refractivity contribution >= 4 is 39.7 Å². The van der Waals surface area contributed by atoms with Gasteiger partial charge in [0.2, 0.25) is 0 Å². The summed E-state index contributed by atoms with van der Waals surface area (Å²) in [6.45, 7) is 0. The molecule has 6 nitrogen and oxygen atoms in total. The van der Waals surface area contributed by atoms with E-state index >= 15 is 0 Å². The molecule has 0 spiro atoms. The molecule has 0 radical (unpaired) electrons. The summed E-state index contributed by atoms with van der Waals surface area (Å²) in [7, 11) is 1.63. The molecular formula is C29H23ClN2O4. The maximum atomic E-state index is 13.7. The van der Waals surface area contributed by atoms with E-state index in [0.717, 1.165) is 28.4 Å². The Hall–Kier alpha value is -4.03. The smallest absolute Gasteiger partial charge is 0.198 e. The predicted octanol–water partition coefficient (Wildman–Crippen LogP) is 6.43. The van der Waals surface area contributed by atoms with Gasteiger partial charge in [0, 0.05) is 22.7 Å². The highest BCUT2D eigenvalue weighted by Crippen LogP contribution is 2.44. The van der Waals surface area contributed by atoms with Crippen molar-refractivity contribution in [3.63, 3.8) is 0 Å². The van der Waals surface area contributed by atoms with Crippen LogP contribution in [0.2, 0.25) is 5.02 Å². The highest BCUT2D eigenvalue weighted by atomic mass is 35.5. The van der Waals surface area contributed by atoms with Gasteiger partial charge in [-0.25, -0.2) is 0 Å². The van der Waals surface area contributed by atoms with Crippen molar-refractivity contribution < 1.29 is 13.9 Å². The summed E-state index contributed by atoms with van der Waals surface area (Å²) in [5, 5.41) is 7.77. The van der Waals surface area contributed by atoms with Crippen LogP contribution in [0.3, 0.4) is 0 Å².